The highest BCUT2D eigenvalue weighted by molar-refractivity contribution is 9.10. The minimum atomic E-state index is -0.132. The summed E-state index contributed by atoms with van der Waals surface area (Å²) in [5.41, 5.74) is 7.99. The molecule has 2 N–H and O–H groups in total. The molecule has 19 heavy (non-hydrogen) atoms. The fourth-order valence-electron chi connectivity index (χ4n) is 1.83. The predicted molar refractivity (Wildman–Crippen MR) is 85.4 cm³/mol. The molecule has 0 heterocycles. The Morgan fingerprint density at radius 1 is 1.05 bits per heavy atom. The van der Waals surface area contributed by atoms with E-state index in [0.717, 1.165) is 25.8 Å². The van der Waals surface area contributed by atoms with Crippen LogP contribution in [0.2, 0.25) is 0 Å². The van der Waals surface area contributed by atoms with Gasteiger partial charge in [0, 0.05) is 15.5 Å². The first-order chi connectivity index (χ1) is 9.10. The Kier molecular flexibility index (Phi) is 5.02. The first-order valence-electron chi connectivity index (χ1n) is 5.98. The number of ether oxygens (including phenoxy) is 1. The quantitative estimate of drug-likeness (QED) is 0.835. The highest BCUT2D eigenvalue weighted by Crippen LogP contribution is 2.27. The van der Waals surface area contributed by atoms with Crippen molar-refractivity contribution < 1.29 is 4.74 Å². The lowest BCUT2D eigenvalue weighted by molar-refractivity contribution is 0.213. The van der Waals surface area contributed by atoms with Crippen LogP contribution in [0, 0.1) is 6.92 Å². The van der Waals surface area contributed by atoms with Gasteiger partial charge < -0.3 is 10.5 Å². The van der Waals surface area contributed by atoms with Gasteiger partial charge >= 0.3 is 0 Å². The monoisotopic (exact) mass is 383 g/mol. The second kappa shape index (κ2) is 6.55. The summed E-state index contributed by atoms with van der Waals surface area (Å²) in [4.78, 5) is 0. The van der Waals surface area contributed by atoms with E-state index in [1.165, 1.54) is 0 Å². The lowest BCUT2D eigenvalue weighted by Gasteiger charge is -2.19. The molecule has 0 spiro atoms. The van der Waals surface area contributed by atoms with Crippen molar-refractivity contribution in [2.24, 2.45) is 5.73 Å². The van der Waals surface area contributed by atoms with Crippen molar-refractivity contribution in [2.75, 3.05) is 6.54 Å². The minimum absolute atomic E-state index is 0.132. The summed E-state index contributed by atoms with van der Waals surface area (Å²) < 4.78 is 8.11. The summed E-state index contributed by atoms with van der Waals surface area (Å²) >= 11 is 6.87. The molecule has 0 aliphatic rings. The number of aryl methyl sites for hydroxylation is 1. The van der Waals surface area contributed by atoms with Gasteiger partial charge in [-0.2, -0.15) is 0 Å². The third-order valence-corrected chi connectivity index (χ3v) is 3.88. The molecule has 0 aliphatic carbocycles. The van der Waals surface area contributed by atoms with Crippen LogP contribution in [0.15, 0.2) is 51.4 Å². The highest BCUT2D eigenvalue weighted by atomic mass is 79.9. The molecule has 0 saturated heterocycles. The highest BCUT2D eigenvalue weighted by Gasteiger charge is 2.12. The number of halogens is 2. The van der Waals surface area contributed by atoms with Crippen molar-refractivity contribution in [3.8, 4) is 5.75 Å². The van der Waals surface area contributed by atoms with E-state index in [0.29, 0.717) is 6.54 Å². The van der Waals surface area contributed by atoms with E-state index in [1.54, 1.807) is 0 Å². The zero-order valence-corrected chi connectivity index (χ0v) is 13.7. The lowest BCUT2D eigenvalue weighted by Crippen LogP contribution is -2.18. The Morgan fingerprint density at radius 3 is 2.26 bits per heavy atom. The summed E-state index contributed by atoms with van der Waals surface area (Å²) in [5, 5.41) is 0. The van der Waals surface area contributed by atoms with Gasteiger partial charge in [-0.05, 0) is 48.4 Å². The fraction of sp³-hybridized carbons (Fsp3) is 0.200. The number of nitrogens with two attached hydrogens (primary N) is 1. The van der Waals surface area contributed by atoms with Crippen molar-refractivity contribution in [2.45, 2.75) is 13.0 Å². The lowest BCUT2D eigenvalue weighted by atomic mass is 10.1. The summed E-state index contributed by atoms with van der Waals surface area (Å²) in [6, 6.07) is 14.0. The zero-order valence-electron chi connectivity index (χ0n) is 10.6. The number of benzene rings is 2. The molecule has 0 radical (unpaired) electrons. The van der Waals surface area contributed by atoms with Crippen LogP contribution in [0.5, 0.6) is 5.75 Å². The second-order valence-corrected chi connectivity index (χ2v) is 6.13. The molecule has 0 saturated carbocycles. The Labute approximate surface area is 130 Å². The molecule has 0 aromatic heterocycles. The van der Waals surface area contributed by atoms with Crippen LogP contribution < -0.4 is 10.5 Å². The van der Waals surface area contributed by atoms with Gasteiger partial charge in [0.1, 0.15) is 11.9 Å². The van der Waals surface area contributed by atoms with Crippen LogP contribution in [0.25, 0.3) is 0 Å². The molecule has 0 bridgehead atoms. The molecule has 100 valence electrons. The van der Waals surface area contributed by atoms with Gasteiger partial charge in [0.05, 0.1) is 0 Å². The van der Waals surface area contributed by atoms with Crippen molar-refractivity contribution >= 4 is 31.9 Å². The third kappa shape index (κ3) is 3.81. The molecule has 1 atom stereocenters. The third-order valence-electron chi connectivity index (χ3n) is 2.86. The molecule has 2 nitrogen and oxygen atoms in total. The molecule has 0 aliphatic heterocycles. The maximum atomic E-state index is 6.01. The predicted octanol–water partition coefficient (Wildman–Crippen LogP) is 4.60. The van der Waals surface area contributed by atoms with Crippen LogP contribution in [-0.4, -0.2) is 6.54 Å². The molecule has 0 fully saturated rings. The molecule has 2 aromatic rings. The summed E-state index contributed by atoms with van der Waals surface area (Å²) in [6.07, 6.45) is -0.132. The molecule has 2 aromatic carbocycles. The van der Waals surface area contributed by atoms with E-state index in [1.807, 2.05) is 49.4 Å². The smallest absolute Gasteiger partial charge is 0.136 e. The largest absolute Gasteiger partial charge is 0.484 e. The summed E-state index contributed by atoms with van der Waals surface area (Å²) in [5.74, 6) is 0.863. The maximum absolute atomic E-state index is 6.01. The molecule has 4 heteroatoms. The van der Waals surface area contributed by atoms with E-state index in [2.05, 4.69) is 31.9 Å². The Bertz CT molecular complexity index is 555. The SMILES string of the molecule is Cc1cc(Br)ccc1OC(CN)c1ccc(Br)cc1. The van der Waals surface area contributed by atoms with Gasteiger partial charge in [0.25, 0.3) is 0 Å². The van der Waals surface area contributed by atoms with Crippen molar-refractivity contribution in [3.05, 3.63) is 62.5 Å². The number of rotatable bonds is 4. The molecular formula is C15H15Br2NO. The minimum Gasteiger partial charge on any atom is -0.484 e. The van der Waals surface area contributed by atoms with E-state index >= 15 is 0 Å². The van der Waals surface area contributed by atoms with Gasteiger partial charge in [-0.25, -0.2) is 0 Å². The molecular weight excluding hydrogens is 370 g/mol. The van der Waals surface area contributed by atoms with Crippen LogP contribution in [0.4, 0.5) is 0 Å². The molecule has 0 amide bonds. The van der Waals surface area contributed by atoms with Gasteiger partial charge in [-0.15, -0.1) is 0 Å². The Hall–Kier alpha value is -0.840. The van der Waals surface area contributed by atoms with E-state index in [9.17, 15) is 0 Å². The van der Waals surface area contributed by atoms with Crippen LogP contribution in [0.3, 0.4) is 0 Å². The van der Waals surface area contributed by atoms with Crippen LogP contribution >= 0.6 is 31.9 Å². The fourth-order valence-corrected chi connectivity index (χ4v) is 2.57. The summed E-state index contributed by atoms with van der Waals surface area (Å²) in [7, 11) is 0. The van der Waals surface area contributed by atoms with Crippen molar-refractivity contribution in [1.82, 2.24) is 0 Å². The van der Waals surface area contributed by atoms with E-state index in [-0.39, 0.29) is 6.10 Å². The normalized spacial score (nSPS) is 12.2. The van der Waals surface area contributed by atoms with Crippen molar-refractivity contribution in [1.29, 1.82) is 0 Å². The Morgan fingerprint density at radius 2 is 1.68 bits per heavy atom. The van der Waals surface area contributed by atoms with Crippen LogP contribution in [0.1, 0.15) is 17.2 Å². The van der Waals surface area contributed by atoms with E-state index < -0.39 is 0 Å². The number of hydrogen-bond donors (Lipinski definition) is 1. The topological polar surface area (TPSA) is 35.2 Å². The first kappa shape index (κ1) is 14.6. The van der Waals surface area contributed by atoms with Gasteiger partial charge in [0.2, 0.25) is 0 Å². The first-order valence-corrected chi connectivity index (χ1v) is 7.57. The zero-order chi connectivity index (χ0) is 13.8. The van der Waals surface area contributed by atoms with E-state index in [4.69, 9.17) is 10.5 Å². The van der Waals surface area contributed by atoms with Gasteiger partial charge in [0.15, 0.2) is 0 Å². The average molecular weight is 385 g/mol. The summed E-state index contributed by atoms with van der Waals surface area (Å²) in [6.45, 7) is 2.46. The van der Waals surface area contributed by atoms with Gasteiger partial charge in [-0.1, -0.05) is 44.0 Å². The molecule has 1 unspecified atom stereocenters. The van der Waals surface area contributed by atoms with Gasteiger partial charge in [-0.3, -0.25) is 0 Å². The van der Waals surface area contributed by atoms with Crippen LogP contribution in [-0.2, 0) is 0 Å². The average Bonchev–Trinajstić information content (AvgIpc) is 2.39. The Balaban J connectivity index is 2.21. The maximum Gasteiger partial charge on any atom is 0.136 e. The van der Waals surface area contributed by atoms with Crippen molar-refractivity contribution in [3.63, 3.8) is 0 Å². The number of hydrogen-bond acceptors (Lipinski definition) is 2. The molecule has 2 rings (SSSR count). The second-order valence-electron chi connectivity index (χ2n) is 4.30. The standard InChI is InChI=1S/C15H15Br2NO/c1-10-8-13(17)6-7-14(10)19-15(9-18)11-2-4-12(16)5-3-11/h2-8,15H,9,18H2,1H3.